The number of fused-ring (bicyclic) bond motifs is 1. The van der Waals surface area contributed by atoms with Crippen molar-refractivity contribution in [2.24, 2.45) is 5.92 Å². The predicted octanol–water partition coefficient (Wildman–Crippen LogP) is 2.06. The number of rotatable bonds is 2. The summed E-state index contributed by atoms with van der Waals surface area (Å²) in [5.41, 5.74) is 1.72. The van der Waals surface area contributed by atoms with Gasteiger partial charge in [0.05, 0.1) is 11.4 Å². The molecule has 0 aliphatic carbocycles. The van der Waals surface area contributed by atoms with Gasteiger partial charge in [-0.2, -0.15) is 0 Å². The van der Waals surface area contributed by atoms with Gasteiger partial charge in [0.25, 0.3) is 0 Å². The number of urea groups is 1. The first-order chi connectivity index (χ1) is 13.5. The summed E-state index contributed by atoms with van der Waals surface area (Å²) in [6, 6.07) is 3.89. The molecule has 0 saturated carbocycles. The van der Waals surface area contributed by atoms with Gasteiger partial charge < -0.3 is 19.7 Å². The van der Waals surface area contributed by atoms with Gasteiger partial charge in [-0.1, -0.05) is 0 Å². The Morgan fingerprint density at radius 2 is 1.93 bits per heavy atom. The number of pyridine rings is 1. The minimum absolute atomic E-state index is 0.00490. The molecule has 4 heterocycles. The average Bonchev–Trinajstić information content (AvgIpc) is 3.17. The van der Waals surface area contributed by atoms with Crippen molar-refractivity contribution < 1.29 is 9.59 Å². The highest BCUT2D eigenvalue weighted by molar-refractivity contribution is 5.81. The lowest BCUT2D eigenvalue weighted by molar-refractivity contribution is -0.138. The molecule has 3 amide bonds. The zero-order chi connectivity index (χ0) is 19.7. The molecule has 1 N–H and O–H groups in total. The number of carbonyl (C=O) groups excluding carboxylic acids is 2. The van der Waals surface area contributed by atoms with Crippen LogP contribution in [-0.4, -0.2) is 81.9 Å². The van der Waals surface area contributed by atoms with Crippen molar-refractivity contribution in [1.82, 2.24) is 29.7 Å². The van der Waals surface area contributed by atoms with E-state index < -0.39 is 0 Å². The molecule has 0 spiro atoms. The maximum Gasteiger partial charge on any atom is 0.319 e. The molecule has 150 valence electrons. The smallest absolute Gasteiger partial charge is 0.319 e. The van der Waals surface area contributed by atoms with Gasteiger partial charge in [-0.3, -0.25) is 4.79 Å². The van der Waals surface area contributed by atoms with Crippen LogP contribution < -0.4 is 0 Å². The van der Waals surface area contributed by atoms with Crippen LogP contribution in [0.2, 0.25) is 0 Å². The zero-order valence-corrected chi connectivity index (χ0v) is 16.6. The standard InChI is InChI=1S/C20H28N6O2/c1-24(2)20(28)26-10-4-5-15(13-26)19(27)25-11-7-14(8-12-25)17-22-16-6-3-9-21-18(16)23-17/h3,6,9,14-15H,4-5,7-8,10-13H2,1-2H3,(H,21,22,23). The second-order valence-electron chi connectivity index (χ2n) is 8.06. The minimum Gasteiger partial charge on any atom is -0.342 e. The summed E-state index contributed by atoms with van der Waals surface area (Å²) in [6.45, 7) is 2.76. The van der Waals surface area contributed by atoms with Crippen molar-refractivity contribution in [3.05, 3.63) is 24.2 Å². The summed E-state index contributed by atoms with van der Waals surface area (Å²) in [4.78, 5) is 42.9. The summed E-state index contributed by atoms with van der Waals surface area (Å²) in [5, 5.41) is 0. The topological polar surface area (TPSA) is 85.4 Å². The van der Waals surface area contributed by atoms with Crippen LogP contribution in [-0.2, 0) is 4.79 Å². The fourth-order valence-corrected chi connectivity index (χ4v) is 4.32. The Kier molecular flexibility index (Phi) is 5.19. The van der Waals surface area contributed by atoms with E-state index in [-0.39, 0.29) is 17.9 Å². The third kappa shape index (κ3) is 3.68. The number of amides is 3. The number of nitrogens with zero attached hydrogens (tertiary/aromatic N) is 5. The fourth-order valence-electron chi connectivity index (χ4n) is 4.32. The summed E-state index contributed by atoms with van der Waals surface area (Å²) in [5.74, 6) is 1.42. The second kappa shape index (κ2) is 7.77. The maximum atomic E-state index is 13.0. The van der Waals surface area contributed by atoms with Crippen LogP contribution in [0, 0.1) is 5.92 Å². The normalized spacial score (nSPS) is 21.1. The number of hydrogen-bond donors (Lipinski definition) is 1. The van der Waals surface area contributed by atoms with Gasteiger partial charge in [-0.25, -0.2) is 14.8 Å². The van der Waals surface area contributed by atoms with Gasteiger partial charge in [0.15, 0.2) is 5.65 Å². The fraction of sp³-hybridized carbons (Fsp3) is 0.600. The van der Waals surface area contributed by atoms with Gasteiger partial charge in [0, 0.05) is 52.4 Å². The van der Waals surface area contributed by atoms with Gasteiger partial charge >= 0.3 is 6.03 Å². The summed E-state index contributed by atoms with van der Waals surface area (Å²) >= 11 is 0. The Morgan fingerprint density at radius 3 is 2.64 bits per heavy atom. The molecular formula is C20H28N6O2. The van der Waals surface area contributed by atoms with Crippen molar-refractivity contribution in [2.45, 2.75) is 31.6 Å². The second-order valence-corrected chi connectivity index (χ2v) is 8.06. The van der Waals surface area contributed by atoms with E-state index in [4.69, 9.17) is 0 Å². The van der Waals surface area contributed by atoms with Crippen molar-refractivity contribution in [2.75, 3.05) is 40.3 Å². The van der Waals surface area contributed by atoms with Crippen LogP contribution in [0.5, 0.6) is 0 Å². The van der Waals surface area contributed by atoms with Crippen LogP contribution >= 0.6 is 0 Å². The van der Waals surface area contributed by atoms with E-state index in [0.717, 1.165) is 62.3 Å². The minimum atomic E-state index is -0.0791. The first-order valence-electron chi connectivity index (χ1n) is 10.1. The quantitative estimate of drug-likeness (QED) is 0.859. The lowest BCUT2D eigenvalue weighted by Crippen LogP contribution is -2.50. The van der Waals surface area contributed by atoms with E-state index in [0.29, 0.717) is 12.5 Å². The monoisotopic (exact) mass is 384 g/mol. The van der Waals surface area contributed by atoms with E-state index in [9.17, 15) is 9.59 Å². The van der Waals surface area contributed by atoms with Crippen molar-refractivity contribution in [3.63, 3.8) is 0 Å². The van der Waals surface area contributed by atoms with Crippen LogP contribution in [0.25, 0.3) is 11.2 Å². The molecule has 2 saturated heterocycles. The van der Waals surface area contributed by atoms with Crippen LogP contribution in [0.4, 0.5) is 4.79 Å². The van der Waals surface area contributed by atoms with Crippen LogP contribution in [0.1, 0.15) is 37.4 Å². The van der Waals surface area contributed by atoms with Crippen LogP contribution in [0.15, 0.2) is 18.3 Å². The summed E-state index contributed by atoms with van der Waals surface area (Å²) in [7, 11) is 3.51. The molecule has 2 aromatic rings. The zero-order valence-electron chi connectivity index (χ0n) is 16.6. The predicted molar refractivity (Wildman–Crippen MR) is 106 cm³/mol. The third-order valence-electron chi connectivity index (χ3n) is 5.89. The highest BCUT2D eigenvalue weighted by Gasteiger charge is 2.34. The molecule has 0 aromatic carbocycles. The van der Waals surface area contributed by atoms with Gasteiger partial charge in [0.1, 0.15) is 5.82 Å². The molecule has 2 aromatic heterocycles. The Bertz CT molecular complexity index is 822. The number of aromatic amines is 1. The lowest BCUT2D eigenvalue weighted by Gasteiger charge is -2.38. The van der Waals surface area contributed by atoms with E-state index in [2.05, 4.69) is 15.0 Å². The largest absolute Gasteiger partial charge is 0.342 e. The molecule has 28 heavy (non-hydrogen) atoms. The molecule has 8 nitrogen and oxygen atoms in total. The summed E-state index contributed by atoms with van der Waals surface area (Å²) in [6.07, 6.45) is 5.31. The van der Waals surface area contributed by atoms with Gasteiger partial charge in [-0.15, -0.1) is 0 Å². The van der Waals surface area contributed by atoms with Crippen molar-refractivity contribution in [3.8, 4) is 0 Å². The maximum absolute atomic E-state index is 13.0. The molecular weight excluding hydrogens is 356 g/mol. The van der Waals surface area contributed by atoms with Gasteiger partial charge in [0.2, 0.25) is 5.91 Å². The number of likely N-dealkylation sites (tertiary alicyclic amines) is 2. The number of carbonyl (C=O) groups is 2. The van der Waals surface area contributed by atoms with E-state index in [1.807, 2.05) is 17.0 Å². The molecule has 1 unspecified atom stereocenters. The number of imidazole rings is 1. The Hall–Kier alpha value is -2.64. The number of H-pyrrole nitrogens is 1. The number of piperidine rings is 2. The third-order valence-corrected chi connectivity index (χ3v) is 5.89. The first-order valence-corrected chi connectivity index (χ1v) is 10.1. The van der Waals surface area contributed by atoms with Crippen molar-refractivity contribution in [1.29, 1.82) is 0 Å². The molecule has 4 rings (SSSR count). The number of aromatic nitrogens is 3. The summed E-state index contributed by atoms with van der Waals surface area (Å²) < 4.78 is 0. The van der Waals surface area contributed by atoms with E-state index in [1.54, 1.807) is 30.1 Å². The highest BCUT2D eigenvalue weighted by Crippen LogP contribution is 2.29. The first kappa shape index (κ1) is 18.7. The highest BCUT2D eigenvalue weighted by atomic mass is 16.2. The van der Waals surface area contributed by atoms with Crippen LogP contribution in [0.3, 0.4) is 0 Å². The van der Waals surface area contributed by atoms with Crippen molar-refractivity contribution >= 4 is 23.1 Å². The molecule has 2 aliphatic heterocycles. The van der Waals surface area contributed by atoms with E-state index in [1.165, 1.54) is 0 Å². The number of nitrogens with one attached hydrogen (secondary N) is 1. The molecule has 0 bridgehead atoms. The Morgan fingerprint density at radius 1 is 1.14 bits per heavy atom. The Labute approximate surface area is 164 Å². The Balaban J connectivity index is 1.35. The lowest BCUT2D eigenvalue weighted by atomic mass is 9.92. The SMILES string of the molecule is CN(C)C(=O)N1CCCC(C(=O)N2CCC(c3nc4ncccc4[nH]3)CC2)C1. The van der Waals surface area contributed by atoms with E-state index >= 15 is 0 Å². The van der Waals surface area contributed by atoms with Gasteiger partial charge in [-0.05, 0) is 37.8 Å². The molecule has 2 aliphatic rings. The molecule has 8 heteroatoms. The molecule has 1 atom stereocenters. The average molecular weight is 384 g/mol. The number of hydrogen-bond acceptors (Lipinski definition) is 4. The molecule has 0 radical (unpaired) electrons. The molecule has 2 fully saturated rings.